The fourth-order valence-corrected chi connectivity index (χ4v) is 2.33. The fourth-order valence-electron chi connectivity index (χ4n) is 2.33. The molecule has 1 aliphatic rings. The molecule has 4 nitrogen and oxygen atoms in total. The van der Waals surface area contributed by atoms with Gasteiger partial charge in [-0.1, -0.05) is 12.8 Å². The quantitative estimate of drug-likeness (QED) is 0.654. The first-order valence-electron chi connectivity index (χ1n) is 6.53. The van der Waals surface area contributed by atoms with Crippen molar-refractivity contribution in [1.82, 2.24) is 5.32 Å². The van der Waals surface area contributed by atoms with E-state index in [1.807, 2.05) is 13.8 Å². The number of rotatable bonds is 6. The molecule has 1 fully saturated rings. The molecule has 0 spiro atoms. The van der Waals surface area contributed by atoms with Gasteiger partial charge >= 0.3 is 0 Å². The summed E-state index contributed by atoms with van der Waals surface area (Å²) in [6.07, 6.45) is 5.51. The van der Waals surface area contributed by atoms with Gasteiger partial charge in [0.05, 0.1) is 6.61 Å². The standard InChI is InChI=1S/C13H26N2O2/c1-12(2,14)8-5-11(17)15-9-13(10-16)6-3-4-7-13/h16H,3-10,14H2,1-2H3,(H,15,17). The van der Waals surface area contributed by atoms with Gasteiger partial charge in [0.15, 0.2) is 0 Å². The first-order chi connectivity index (χ1) is 7.87. The van der Waals surface area contributed by atoms with Gasteiger partial charge in [-0.3, -0.25) is 4.79 Å². The van der Waals surface area contributed by atoms with Crippen LogP contribution in [-0.4, -0.2) is 29.7 Å². The molecule has 100 valence electrons. The van der Waals surface area contributed by atoms with Gasteiger partial charge in [-0.05, 0) is 33.1 Å². The summed E-state index contributed by atoms with van der Waals surface area (Å²) >= 11 is 0. The molecule has 0 aromatic heterocycles. The van der Waals surface area contributed by atoms with Crippen LogP contribution in [0.2, 0.25) is 0 Å². The molecule has 0 radical (unpaired) electrons. The third-order valence-electron chi connectivity index (χ3n) is 3.66. The Labute approximate surface area is 104 Å². The molecule has 4 N–H and O–H groups in total. The van der Waals surface area contributed by atoms with Crippen LogP contribution in [0.3, 0.4) is 0 Å². The minimum absolute atomic E-state index is 0.0447. The number of carbonyl (C=O) groups is 1. The SMILES string of the molecule is CC(C)(N)CCC(=O)NCC1(CO)CCCC1. The third-order valence-corrected chi connectivity index (χ3v) is 3.66. The Balaban J connectivity index is 2.27. The summed E-state index contributed by atoms with van der Waals surface area (Å²) in [5.74, 6) is 0.0447. The average Bonchev–Trinajstić information content (AvgIpc) is 2.72. The molecule has 0 bridgehead atoms. The van der Waals surface area contributed by atoms with E-state index in [1.54, 1.807) is 0 Å². The van der Waals surface area contributed by atoms with E-state index in [-0.39, 0.29) is 23.5 Å². The van der Waals surface area contributed by atoms with Crippen LogP contribution in [0.15, 0.2) is 0 Å². The topological polar surface area (TPSA) is 75.4 Å². The van der Waals surface area contributed by atoms with Gasteiger partial charge in [0.25, 0.3) is 0 Å². The van der Waals surface area contributed by atoms with E-state index in [2.05, 4.69) is 5.32 Å². The van der Waals surface area contributed by atoms with Crippen LogP contribution in [-0.2, 0) is 4.79 Å². The van der Waals surface area contributed by atoms with E-state index in [0.717, 1.165) is 25.7 Å². The molecule has 1 rings (SSSR count). The van der Waals surface area contributed by atoms with E-state index >= 15 is 0 Å². The normalized spacial score (nSPS) is 19.3. The summed E-state index contributed by atoms with van der Waals surface area (Å²) in [5, 5.41) is 12.4. The Morgan fingerprint density at radius 2 is 2.00 bits per heavy atom. The minimum atomic E-state index is -0.292. The molecule has 0 aliphatic heterocycles. The van der Waals surface area contributed by atoms with Gasteiger partial charge < -0.3 is 16.2 Å². The molecule has 1 amide bonds. The Hall–Kier alpha value is -0.610. The van der Waals surface area contributed by atoms with Crippen molar-refractivity contribution in [2.75, 3.05) is 13.2 Å². The molecule has 1 saturated carbocycles. The third kappa shape index (κ3) is 5.04. The largest absolute Gasteiger partial charge is 0.396 e. The molecule has 0 aromatic rings. The Kier molecular flexibility index (Phi) is 4.95. The van der Waals surface area contributed by atoms with Crippen LogP contribution >= 0.6 is 0 Å². The van der Waals surface area contributed by atoms with Crippen molar-refractivity contribution >= 4 is 5.91 Å². The number of nitrogens with two attached hydrogens (primary N) is 1. The smallest absolute Gasteiger partial charge is 0.220 e. The second-order valence-corrected chi connectivity index (χ2v) is 6.13. The van der Waals surface area contributed by atoms with E-state index in [4.69, 9.17) is 5.73 Å². The van der Waals surface area contributed by atoms with E-state index in [9.17, 15) is 9.90 Å². The van der Waals surface area contributed by atoms with Crippen molar-refractivity contribution in [3.8, 4) is 0 Å². The van der Waals surface area contributed by atoms with Crippen molar-refractivity contribution in [3.63, 3.8) is 0 Å². The number of aliphatic hydroxyl groups is 1. The van der Waals surface area contributed by atoms with Crippen molar-refractivity contribution in [3.05, 3.63) is 0 Å². The fraction of sp³-hybridized carbons (Fsp3) is 0.923. The van der Waals surface area contributed by atoms with Crippen LogP contribution in [0, 0.1) is 5.41 Å². The molecule has 17 heavy (non-hydrogen) atoms. The second-order valence-electron chi connectivity index (χ2n) is 6.13. The van der Waals surface area contributed by atoms with Crippen LogP contribution in [0.1, 0.15) is 52.4 Å². The highest BCUT2D eigenvalue weighted by molar-refractivity contribution is 5.76. The summed E-state index contributed by atoms with van der Waals surface area (Å²) in [7, 11) is 0. The highest BCUT2D eigenvalue weighted by atomic mass is 16.3. The molecule has 0 unspecified atom stereocenters. The van der Waals surface area contributed by atoms with E-state index < -0.39 is 0 Å². The number of hydrogen-bond acceptors (Lipinski definition) is 3. The first-order valence-corrected chi connectivity index (χ1v) is 6.53. The molecule has 0 saturated heterocycles. The molecule has 1 aliphatic carbocycles. The summed E-state index contributed by atoms with van der Waals surface area (Å²) in [4.78, 5) is 11.7. The van der Waals surface area contributed by atoms with Crippen LogP contribution in [0.5, 0.6) is 0 Å². The number of hydrogen-bond donors (Lipinski definition) is 3. The molecule has 0 aromatic carbocycles. The number of carbonyl (C=O) groups excluding carboxylic acids is 1. The second kappa shape index (κ2) is 5.83. The van der Waals surface area contributed by atoms with Crippen LogP contribution in [0.25, 0.3) is 0 Å². The first kappa shape index (κ1) is 14.5. The maximum absolute atomic E-state index is 11.7. The Morgan fingerprint density at radius 1 is 1.41 bits per heavy atom. The predicted molar refractivity (Wildman–Crippen MR) is 68.5 cm³/mol. The average molecular weight is 242 g/mol. The van der Waals surface area contributed by atoms with Gasteiger partial charge in [-0.25, -0.2) is 0 Å². The number of amides is 1. The zero-order valence-electron chi connectivity index (χ0n) is 11.1. The minimum Gasteiger partial charge on any atom is -0.396 e. The lowest BCUT2D eigenvalue weighted by atomic mass is 9.87. The van der Waals surface area contributed by atoms with Crippen molar-refractivity contribution in [2.45, 2.75) is 57.9 Å². The van der Waals surface area contributed by atoms with Gasteiger partial charge in [0.1, 0.15) is 0 Å². The molecule has 0 heterocycles. The van der Waals surface area contributed by atoms with Crippen LogP contribution in [0.4, 0.5) is 0 Å². The van der Waals surface area contributed by atoms with Gasteiger partial charge in [0, 0.05) is 23.9 Å². The molecule has 4 heteroatoms. The lowest BCUT2D eigenvalue weighted by molar-refractivity contribution is -0.122. The van der Waals surface area contributed by atoms with Crippen molar-refractivity contribution in [1.29, 1.82) is 0 Å². The zero-order chi connectivity index (χ0) is 12.9. The molecular weight excluding hydrogens is 216 g/mol. The summed E-state index contributed by atoms with van der Waals surface area (Å²) < 4.78 is 0. The lowest BCUT2D eigenvalue weighted by Gasteiger charge is -2.27. The zero-order valence-corrected chi connectivity index (χ0v) is 11.1. The summed E-state index contributed by atoms with van der Waals surface area (Å²) in [6, 6.07) is 0. The molecular formula is C13H26N2O2. The van der Waals surface area contributed by atoms with E-state index in [1.165, 1.54) is 0 Å². The van der Waals surface area contributed by atoms with Crippen LogP contribution < -0.4 is 11.1 Å². The highest BCUT2D eigenvalue weighted by Gasteiger charge is 2.33. The van der Waals surface area contributed by atoms with Crippen molar-refractivity contribution < 1.29 is 9.90 Å². The van der Waals surface area contributed by atoms with Gasteiger partial charge in [0.2, 0.25) is 5.91 Å². The number of aliphatic hydroxyl groups excluding tert-OH is 1. The highest BCUT2D eigenvalue weighted by Crippen LogP contribution is 2.36. The summed E-state index contributed by atoms with van der Waals surface area (Å²) in [5.41, 5.74) is 5.48. The van der Waals surface area contributed by atoms with Gasteiger partial charge in [-0.2, -0.15) is 0 Å². The van der Waals surface area contributed by atoms with Crippen molar-refractivity contribution in [2.24, 2.45) is 11.1 Å². The maximum atomic E-state index is 11.7. The Morgan fingerprint density at radius 3 is 2.47 bits per heavy atom. The Bertz CT molecular complexity index is 253. The predicted octanol–water partition coefficient (Wildman–Crippen LogP) is 1.17. The van der Waals surface area contributed by atoms with E-state index in [0.29, 0.717) is 19.4 Å². The summed E-state index contributed by atoms with van der Waals surface area (Å²) in [6.45, 7) is 4.63. The number of nitrogens with one attached hydrogen (secondary N) is 1. The van der Waals surface area contributed by atoms with Gasteiger partial charge in [-0.15, -0.1) is 0 Å². The lowest BCUT2D eigenvalue weighted by Crippen LogP contribution is -2.39. The molecule has 0 atom stereocenters. The monoisotopic (exact) mass is 242 g/mol. The maximum Gasteiger partial charge on any atom is 0.220 e.